The van der Waals surface area contributed by atoms with E-state index in [0.717, 1.165) is 49.8 Å². The number of benzene rings is 1. The highest BCUT2D eigenvalue weighted by Gasteiger charge is 2.18. The molecule has 28 heavy (non-hydrogen) atoms. The van der Waals surface area contributed by atoms with Crippen LogP contribution in [0.1, 0.15) is 41.9 Å². The molecule has 0 spiro atoms. The topological polar surface area (TPSA) is 56.0 Å². The Morgan fingerprint density at radius 1 is 1.11 bits per heavy atom. The summed E-state index contributed by atoms with van der Waals surface area (Å²) in [6.07, 6.45) is 7.02. The van der Waals surface area contributed by atoms with Gasteiger partial charge >= 0.3 is 0 Å². The Morgan fingerprint density at radius 2 is 2.07 bits per heavy atom. The molecule has 1 fully saturated rings. The van der Waals surface area contributed by atoms with Crippen LogP contribution in [0.15, 0.2) is 36.5 Å². The first-order valence-corrected chi connectivity index (χ1v) is 10.5. The van der Waals surface area contributed by atoms with Crippen LogP contribution in [0.25, 0.3) is 11.0 Å². The Bertz CT molecular complexity index is 968. The predicted octanol–water partition coefficient (Wildman–Crippen LogP) is 4.15. The van der Waals surface area contributed by atoms with Crippen LogP contribution in [0, 0.1) is 0 Å². The molecule has 5 heteroatoms. The largest absolute Gasteiger partial charge is 0.346 e. The van der Waals surface area contributed by atoms with Gasteiger partial charge in [-0.05, 0) is 92.7 Å². The van der Waals surface area contributed by atoms with Crippen molar-refractivity contribution in [3.8, 4) is 0 Å². The summed E-state index contributed by atoms with van der Waals surface area (Å²) in [7, 11) is 2.19. The number of anilines is 2. The molecule has 0 saturated carbocycles. The minimum absolute atomic E-state index is 0.627. The summed E-state index contributed by atoms with van der Waals surface area (Å²) in [5, 5.41) is 8.28. The van der Waals surface area contributed by atoms with E-state index in [4.69, 9.17) is 4.98 Å². The van der Waals surface area contributed by atoms with Gasteiger partial charge in [-0.2, -0.15) is 0 Å². The molecule has 5 nitrogen and oxygen atoms in total. The molecule has 1 unspecified atom stereocenters. The second kappa shape index (κ2) is 7.57. The Kier molecular flexibility index (Phi) is 4.79. The second-order valence-electron chi connectivity index (χ2n) is 8.31. The maximum atomic E-state index is 4.84. The number of H-pyrrole nitrogens is 1. The van der Waals surface area contributed by atoms with Gasteiger partial charge in [0.15, 0.2) is 0 Å². The van der Waals surface area contributed by atoms with Gasteiger partial charge in [0.25, 0.3) is 0 Å². The van der Waals surface area contributed by atoms with Gasteiger partial charge in [-0.25, -0.2) is 4.98 Å². The number of aromatic amines is 1. The molecule has 2 aromatic heterocycles. The summed E-state index contributed by atoms with van der Waals surface area (Å²) in [5.41, 5.74) is 6.41. The third-order valence-corrected chi connectivity index (χ3v) is 6.27. The van der Waals surface area contributed by atoms with E-state index in [2.05, 4.69) is 64.1 Å². The zero-order valence-corrected chi connectivity index (χ0v) is 16.6. The van der Waals surface area contributed by atoms with Gasteiger partial charge in [0.05, 0.1) is 0 Å². The number of likely N-dealkylation sites (N-methyl/N-ethyl adjacent to an activating group) is 1. The lowest BCUT2D eigenvalue weighted by molar-refractivity contribution is 0.313. The molecule has 0 amide bonds. The van der Waals surface area contributed by atoms with Crippen LogP contribution in [-0.4, -0.2) is 41.5 Å². The fourth-order valence-electron chi connectivity index (χ4n) is 4.69. The molecule has 5 rings (SSSR count). The monoisotopic (exact) mass is 375 g/mol. The van der Waals surface area contributed by atoms with Crippen LogP contribution in [0.3, 0.4) is 0 Å². The average molecular weight is 376 g/mol. The van der Waals surface area contributed by atoms with Crippen LogP contribution in [0.4, 0.5) is 11.5 Å². The summed E-state index contributed by atoms with van der Waals surface area (Å²) >= 11 is 0. The Balaban J connectivity index is 1.38. The van der Waals surface area contributed by atoms with Crippen molar-refractivity contribution < 1.29 is 0 Å². The van der Waals surface area contributed by atoms with E-state index in [1.807, 2.05) is 0 Å². The standard InChI is InChI=1S/C23H29N5/c1-28-12-9-16-4-5-19(13-18(16)15-28)26-22-7-6-20-21(14-25-23(20)27-22)17-3-2-10-24-11-8-17/h4-7,13-14,17,24H,2-3,8-12,15H2,1H3,(H2,25,26,27). The number of hydrogen-bond donors (Lipinski definition) is 3. The normalized spacial score (nSPS) is 20.7. The van der Waals surface area contributed by atoms with Crippen LogP contribution >= 0.6 is 0 Å². The summed E-state index contributed by atoms with van der Waals surface area (Å²) in [6, 6.07) is 11.0. The molecular formula is C23H29N5. The van der Waals surface area contributed by atoms with Gasteiger partial charge in [-0.3, -0.25) is 0 Å². The molecule has 0 aliphatic carbocycles. The maximum absolute atomic E-state index is 4.84. The molecule has 1 saturated heterocycles. The van der Waals surface area contributed by atoms with E-state index in [1.54, 1.807) is 0 Å². The van der Waals surface area contributed by atoms with Crippen LogP contribution in [-0.2, 0) is 13.0 Å². The quantitative estimate of drug-likeness (QED) is 0.644. The second-order valence-corrected chi connectivity index (χ2v) is 8.31. The van der Waals surface area contributed by atoms with E-state index >= 15 is 0 Å². The van der Waals surface area contributed by atoms with Crippen molar-refractivity contribution in [3.63, 3.8) is 0 Å². The fraction of sp³-hybridized carbons (Fsp3) is 0.435. The number of aromatic nitrogens is 2. The highest BCUT2D eigenvalue weighted by molar-refractivity contribution is 5.82. The van der Waals surface area contributed by atoms with Crippen LogP contribution in [0.2, 0.25) is 0 Å². The minimum Gasteiger partial charge on any atom is -0.346 e. The Labute approximate surface area is 166 Å². The van der Waals surface area contributed by atoms with Gasteiger partial charge < -0.3 is 20.5 Å². The number of nitrogens with one attached hydrogen (secondary N) is 3. The summed E-state index contributed by atoms with van der Waals surface area (Å²) < 4.78 is 0. The van der Waals surface area contributed by atoms with Crippen molar-refractivity contribution >= 4 is 22.5 Å². The molecule has 0 bridgehead atoms. The van der Waals surface area contributed by atoms with Gasteiger partial charge in [0.1, 0.15) is 11.5 Å². The zero-order chi connectivity index (χ0) is 18.9. The lowest BCUT2D eigenvalue weighted by Gasteiger charge is -2.25. The number of fused-ring (bicyclic) bond motifs is 2. The molecule has 0 radical (unpaired) electrons. The van der Waals surface area contributed by atoms with Gasteiger partial charge in [0.2, 0.25) is 0 Å². The molecule has 146 valence electrons. The molecule has 3 N–H and O–H groups in total. The number of pyridine rings is 1. The summed E-state index contributed by atoms with van der Waals surface area (Å²) in [4.78, 5) is 10.6. The highest BCUT2D eigenvalue weighted by atomic mass is 15.1. The SMILES string of the molecule is CN1CCc2ccc(Nc3ccc4c(C5CCCNCC5)c[nH]c4n3)cc2C1. The molecule has 3 aromatic rings. The first-order chi connectivity index (χ1) is 13.8. The minimum atomic E-state index is 0.627. The van der Waals surface area contributed by atoms with Gasteiger partial charge in [-0.1, -0.05) is 6.07 Å². The molecule has 1 atom stereocenters. The van der Waals surface area contributed by atoms with Crippen molar-refractivity contribution in [1.82, 2.24) is 20.2 Å². The highest BCUT2D eigenvalue weighted by Crippen LogP contribution is 2.32. The lowest BCUT2D eigenvalue weighted by Crippen LogP contribution is -2.26. The predicted molar refractivity (Wildman–Crippen MR) is 115 cm³/mol. The van der Waals surface area contributed by atoms with E-state index < -0.39 is 0 Å². The van der Waals surface area contributed by atoms with Crippen molar-refractivity contribution in [2.75, 3.05) is 32.0 Å². The summed E-state index contributed by atoms with van der Waals surface area (Å²) in [6.45, 7) is 4.41. The maximum Gasteiger partial charge on any atom is 0.140 e. The van der Waals surface area contributed by atoms with E-state index in [0.29, 0.717) is 5.92 Å². The Hall–Kier alpha value is -2.37. The average Bonchev–Trinajstić information content (AvgIpc) is 2.93. The third-order valence-electron chi connectivity index (χ3n) is 6.27. The third kappa shape index (κ3) is 3.52. The molecular weight excluding hydrogens is 346 g/mol. The first kappa shape index (κ1) is 17.7. The molecule has 2 aliphatic rings. The van der Waals surface area contributed by atoms with E-state index in [-0.39, 0.29) is 0 Å². The molecule has 1 aromatic carbocycles. The van der Waals surface area contributed by atoms with Crippen LogP contribution in [0.5, 0.6) is 0 Å². The number of hydrogen-bond acceptors (Lipinski definition) is 4. The Morgan fingerprint density at radius 3 is 3.04 bits per heavy atom. The zero-order valence-electron chi connectivity index (χ0n) is 16.6. The fourth-order valence-corrected chi connectivity index (χ4v) is 4.69. The lowest BCUT2D eigenvalue weighted by atomic mass is 9.92. The van der Waals surface area contributed by atoms with Crippen molar-refractivity contribution in [3.05, 3.63) is 53.2 Å². The van der Waals surface area contributed by atoms with Crippen LogP contribution < -0.4 is 10.6 Å². The van der Waals surface area contributed by atoms with Gasteiger partial charge in [0, 0.05) is 30.4 Å². The molecule has 2 aliphatic heterocycles. The molecule has 4 heterocycles. The first-order valence-electron chi connectivity index (χ1n) is 10.5. The number of nitrogens with zero attached hydrogens (tertiary/aromatic N) is 2. The van der Waals surface area contributed by atoms with Crippen molar-refractivity contribution in [2.24, 2.45) is 0 Å². The smallest absolute Gasteiger partial charge is 0.140 e. The van der Waals surface area contributed by atoms with Crippen molar-refractivity contribution in [2.45, 2.75) is 38.1 Å². The summed E-state index contributed by atoms with van der Waals surface area (Å²) in [5.74, 6) is 1.52. The number of rotatable bonds is 3. The van der Waals surface area contributed by atoms with Crippen molar-refractivity contribution in [1.29, 1.82) is 0 Å². The van der Waals surface area contributed by atoms with E-state index in [9.17, 15) is 0 Å². The van der Waals surface area contributed by atoms with Gasteiger partial charge in [-0.15, -0.1) is 0 Å². The van der Waals surface area contributed by atoms with E-state index in [1.165, 1.54) is 41.3 Å².